The number of methoxy groups -OCH3 is 1. The molecule has 0 bridgehead atoms. The zero-order valence-electron chi connectivity index (χ0n) is 12.1. The maximum atomic E-state index is 12.0. The van der Waals surface area contributed by atoms with Crippen LogP contribution in [0.25, 0.3) is 0 Å². The number of nitrogens with zero attached hydrogens (tertiary/aromatic N) is 1. The van der Waals surface area contributed by atoms with Gasteiger partial charge in [-0.15, -0.1) is 0 Å². The molecule has 0 fully saturated rings. The van der Waals surface area contributed by atoms with Crippen molar-refractivity contribution < 1.29 is 13.2 Å². The zero-order chi connectivity index (χ0) is 14.8. The Hall–Kier alpha value is -1.18. The van der Waals surface area contributed by atoms with E-state index >= 15 is 0 Å². The van der Waals surface area contributed by atoms with Crippen LogP contribution in [0.15, 0.2) is 23.2 Å². The van der Waals surface area contributed by atoms with Crippen LogP contribution in [0.1, 0.15) is 26.2 Å². The summed E-state index contributed by atoms with van der Waals surface area (Å²) in [4.78, 5) is 4.28. The lowest BCUT2D eigenvalue weighted by Crippen LogP contribution is -2.25. The fourth-order valence-electron chi connectivity index (χ4n) is 1.56. The van der Waals surface area contributed by atoms with Crippen molar-refractivity contribution in [1.29, 1.82) is 0 Å². The van der Waals surface area contributed by atoms with Gasteiger partial charge in [-0.2, -0.15) is 0 Å². The quantitative estimate of drug-likeness (QED) is 0.642. The van der Waals surface area contributed by atoms with Crippen LogP contribution in [0, 0.1) is 0 Å². The molecule has 0 unspecified atom stereocenters. The summed E-state index contributed by atoms with van der Waals surface area (Å²) in [7, 11) is -1.84. The summed E-state index contributed by atoms with van der Waals surface area (Å²) in [6.07, 6.45) is 3.94. The van der Waals surface area contributed by atoms with Gasteiger partial charge >= 0.3 is 0 Å². The van der Waals surface area contributed by atoms with Crippen LogP contribution in [0.5, 0.6) is 0 Å². The van der Waals surface area contributed by atoms with Gasteiger partial charge in [0.25, 0.3) is 0 Å². The second kappa shape index (κ2) is 8.89. The normalized spacial score (nSPS) is 11.5. The highest BCUT2D eigenvalue weighted by atomic mass is 32.2. The summed E-state index contributed by atoms with van der Waals surface area (Å²) in [6.45, 7) is 3.92. The fraction of sp³-hybridized carbons (Fsp3) is 0.615. The van der Waals surface area contributed by atoms with Gasteiger partial charge in [0.05, 0.1) is 0 Å². The summed E-state index contributed by atoms with van der Waals surface area (Å²) in [5.74, 6) is 0.686. The number of anilines is 1. The van der Waals surface area contributed by atoms with Crippen molar-refractivity contribution in [3.05, 3.63) is 18.3 Å². The molecule has 1 rings (SSSR count). The number of sulfonamides is 1. The summed E-state index contributed by atoms with van der Waals surface area (Å²) in [5.41, 5.74) is 0. The Morgan fingerprint density at radius 3 is 2.65 bits per heavy atom. The molecular formula is C13H23N3O3S. The molecule has 0 aliphatic carbocycles. The highest BCUT2D eigenvalue weighted by Gasteiger charge is 2.13. The minimum absolute atomic E-state index is 0.186. The number of ether oxygens (including phenoxy) is 1. The van der Waals surface area contributed by atoms with Crippen molar-refractivity contribution in [2.24, 2.45) is 0 Å². The molecule has 1 heterocycles. The molecule has 2 N–H and O–H groups in total. The average molecular weight is 301 g/mol. The lowest BCUT2D eigenvalue weighted by molar-refractivity contribution is 0.193. The second-order valence-electron chi connectivity index (χ2n) is 4.40. The van der Waals surface area contributed by atoms with E-state index in [-0.39, 0.29) is 4.90 Å². The van der Waals surface area contributed by atoms with Gasteiger partial charge in [0.15, 0.2) is 0 Å². The van der Waals surface area contributed by atoms with Crippen LogP contribution in [-0.4, -0.2) is 40.2 Å². The molecule has 1 aromatic heterocycles. The van der Waals surface area contributed by atoms with E-state index in [4.69, 9.17) is 4.74 Å². The lowest BCUT2D eigenvalue weighted by Gasteiger charge is -2.08. The molecule has 0 saturated carbocycles. The number of nitrogens with one attached hydrogen (secondary N) is 2. The van der Waals surface area contributed by atoms with Gasteiger partial charge < -0.3 is 10.1 Å². The zero-order valence-corrected chi connectivity index (χ0v) is 12.9. The second-order valence-corrected chi connectivity index (χ2v) is 6.17. The monoisotopic (exact) mass is 301 g/mol. The third kappa shape index (κ3) is 5.85. The van der Waals surface area contributed by atoms with Crippen molar-refractivity contribution in [3.63, 3.8) is 0 Å². The standard InChI is InChI=1S/C13H23N3O3S/c1-3-8-14-13-7-6-12(11-15-13)20(17,18)16-9-4-5-10-19-2/h6-7,11,16H,3-5,8-10H2,1-2H3,(H,14,15). The summed E-state index contributed by atoms with van der Waals surface area (Å²) in [6, 6.07) is 3.23. The van der Waals surface area contributed by atoms with Gasteiger partial charge in [0.2, 0.25) is 10.0 Å². The minimum atomic E-state index is -3.47. The summed E-state index contributed by atoms with van der Waals surface area (Å²) < 4.78 is 31.4. The SMILES string of the molecule is CCCNc1ccc(S(=O)(=O)NCCCCOC)cn1. The number of hydrogen-bond donors (Lipinski definition) is 2. The number of hydrogen-bond acceptors (Lipinski definition) is 5. The van der Waals surface area contributed by atoms with Gasteiger partial charge in [-0.25, -0.2) is 18.1 Å². The fourth-order valence-corrected chi connectivity index (χ4v) is 2.58. The highest BCUT2D eigenvalue weighted by Crippen LogP contribution is 2.10. The van der Waals surface area contributed by atoms with Gasteiger partial charge in [0, 0.05) is 33.0 Å². The molecule has 0 spiro atoms. The van der Waals surface area contributed by atoms with Crippen molar-refractivity contribution >= 4 is 15.8 Å². The summed E-state index contributed by atoms with van der Waals surface area (Å²) in [5, 5.41) is 3.10. The van der Waals surface area contributed by atoms with Crippen LogP contribution in [-0.2, 0) is 14.8 Å². The molecule has 20 heavy (non-hydrogen) atoms. The number of aromatic nitrogens is 1. The van der Waals surface area contributed by atoms with Gasteiger partial charge in [-0.1, -0.05) is 6.92 Å². The molecule has 0 aliphatic rings. The van der Waals surface area contributed by atoms with E-state index < -0.39 is 10.0 Å². The molecular weight excluding hydrogens is 278 g/mol. The number of pyridine rings is 1. The lowest BCUT2D eigenvalue weighted by atomic mass is 10.3. The molecule has 7 heteroatoms. The van der Waals surface area contributed by atoms with Crippen LogP contribution >= 0.6 is 0 Å². The number of unbranched alkanes of at least 4 members (excludes halogenated alkanes) is 1. The average Bonchev–Trinajstić information content (AvgIpc) is 2.45. The molecule has 1 aromatic rings. The summed E-state index contributed by atoms with van der Waals surface area (Å²) >= 11 is 0. The first-order chi connectivity index (χ1) is 9.60. The van der Waals surface area contributed by atoms with E-state index in [9.17, 15) is 8.42 Å². The molecule has 0 amide bonds. The Morgan fingerprint density at radius 1 is 1.25 bits per heavy atom. The molecule has 0 aromatic carbocycles. The number of rotatable bonds is 10. The maximum Gasteiger partial charge on any atom is 0.242 e. The Kier molecular flexibility index (Phi) is 7.50. The topological polar surface area (TPSA) is 80.3 Å². The minimum Gasteiger partial charge on any atom is -0.385 e. The van der Waals surface area contributed by atoms with E-state index in [1.807, 2.05) is 0 Å². The van der Waals surface area contributed by atoms with Crippen LogP contribution in [0.2, 0.25) is 0 Å². The van der Waals surface area contributed by atoms with Crippen molar-refractivity contribution in [1.82, 2.24) is 9.71 Å². The van der Waals surface area contributed by atoms with Gasteiger partial charge in [-0.05, 0) is 31.4 Å². The van der Waals surface area contributed by atoms with Gasteiger partial charge in [0.1, 0.15) is 10.7 Å². The molecule has 0 aliphatic heterocycles. The predicted octanol–water partition coefficient (Wildman–Crippen LogP) is 1.61. The first-order valence-corrected chi connectivity index (χ1v) is 8.27. The molecule has 0 radical (unpaired) electrons. The Labute approximate surface area is 121 Å². The third-order valence-electron chi connectivity index (χ3n) is 2.67. The first-order valence-electron chi connectivity index (χ1n) is 6.78. The van der Waals surface area contributed by atoms with E-state index in [1.54, 1.807) is 19.2 Å². The van der Waals surface area contributed by atoms with Crippen LogP contribution in [0.3, 0.4) is 0 Å². The van der Waals surface area contributed by atoms with E-state index in [2.05, 4.69) is 21.9 Å². The Balaban J connectivity index is 2.50. The van der Waals surface area contributed by atoms with Crippen molar-refractivity contribution in [3.8, 4) is 0 Å². The Bertz CT molecular complexity index is 474. The maximum absolute atomic E-state index is 12.0. The molecule has 0 atom stereocenters. The van der Waals surface area contributed by atoms with Gasteiger partial charge in [-0.3, -0.25) is 0 Å². The molecule has 0 saturated heterocycles. The van der Waals surface area contributed by atoms with E-state index in [0.717, 1.165) is 25.8 Å². The van der Waals surface area contributed by atoms with Crippen molar-refractivity contribution in [2.45, 2.75) is 31.1 Å². The predicted molar refractivity (Wildman–Crippen MR) is 79.3 cm³/mol. The van der Waals surface area contributed by atoms with Crippen LogP contribution in [0.4, 0.5) is 5.82 Å². The largest absolute Gasteiger partial charge is 0.385 e. The van der Waals surface area contributed by atoms with E-state index in [0.29, 0.717) is 19.0 Å². The van der Waals surface area contributed by atoms with Crippen LogP contribution < -0.4 is 10.0 Å². The smallest absolute Gasteiger partial charge is 0.242 e. The molecule has 6 nitrogen and oxygen atoms in total. The Morgan fingerprint density at radius 2 is 2.05 bits per heavy atom. The molecule has 114 valence electrons. The highest BCUT2D eigenvalue weighted by molar-refractivity contribution is 7.89. The first kappa shape index (κ1) is 16.9. The van der Waals surface area contributed by atoms with E-state index in [1.165, 1.54) is 6.20 Å². The van der Waals surface area contributed by atoms with Crippen molar-refractivity contribution in [2.75, 3.05) is 32.1 Å². The third-order valence-corrected chi connectivity index (χ3v) is 4.12.